The predicted molar refractivity (Wildman–Crippen MR) is 44.0 cm³/mol. The van der Waals surface area contributed by atoms with Gasteiger partial charge in [0.25, 0.3) is 0 Å². The number of rotatable bonds is 0. The maximum atomic E-state index is 5.36. The van der Waals surface area contributed by atoms with Gasteiger partial charge in [0.15, 0.2) is 7.05 Å². The average Bonchev–Trinajstić information content (AvgIpc) is 2.17. The molecule has 0 saturated carbocycles. The summed E-state index contributed by atoms with van der Waals surface area (Å²) < 4.78 is 4.09. The van der Waals surface area contributed by atoms with Crippen LogP contribution in [0.2, 0.25) is 0 Å². The smallest absolute Gasteiger partial charge is 0.160 e. The molecule has 0 fully saturated rings. The van der Waals surface area contributed by atoms with Gasteiger partial charge in [-0.25, -0.2) is 0 Å². The largest absolute Gasteiger partial charge is 0.220 e. The molecule has 0 bridgehead atoms. The zero-order chi connectivity index (χ0) is 8.59. The Morgan fingerprint density at radius 3 is 2.18 bits per heavy atom. The SMILES string of the molecule is C#Cc1c(C)n(C)[n+](C)c1C. The summed E-state index contributed by atoms with van der Waals surface area (Å²) in [6, 6.07) is 0. The van der Waals surface area contributed by atoms with E-state index < -0.39 is 0 Å². The van der Waals surface area contributed by atoms with Crippen molar-refractivity contribution >= 4 is 0 Å². The Bertz CT molecular complexity index is 301. The minimum absolute atomic E-state index is 1.01. The molecule has 1 heterocycles. The van der Waals surface area contributed by atoms with Crippen molar-refractivity contribution in [1.82, 2.24) is 4.68 Å². The molecule has 2 heteroatoms. The molecule has 0 amide bonds. The van der Waals surface area contributed by atoms with Gasteiger partial charge in [-0.15, -0.1) is 11.1 Å². The number of aromatic nitrogens is 2. The summed E-state index contributed by atoms with van der Waals surface area (Å²) in [7, 11) is 4.01. The second kappa shape index (κ2) is 2.43. The standard InChI is InChI=1S/C9H13N2/c1-6-9-7(2)10(4)11(5)8(9)3/h1H,2-5H3/q+1. The monoisotopic (exact) mass is 149 g/mol. The Morgan fingerprint density at radius 1 is 1.45 bits per heavy atom. The minimum atomic E-state index is 1.01. The van der Waals surface area contributed by atoms with Crippen molar-refractivity contribution in [3.8, 4) is 12.3 Å². The van der Waals surface area contributed by atoms with Crippen LogP contribution in [0.25, 0.3) is 0 Å². The van der Waals surface area contributed by atoms with Crippen LogP contribution >= 0.6 is 0 Å². The van der Waals surface area contributed by atoms with E-state index in [1.165, 1.54) is 0 Å². The summed E-state index contributed by atoms with van der Waals surface area (Å²) in [6.45, 7) is 4.06. The first-order chi connectivity index (χ1) is 5.09. The Labute approximate surface area is 67.4 Å². The van der Waals surface area contributed by atoms with E-state index in [9.17, 15) is 0 Å². The molecule has 2 nitrogen and oxygen atoms in total. The maximum Gasteiger partial charge on any atom is 0.220 e. The van der Waals surface area contributed by atoms with Gasteiger partial charge in [-0.05, 0) is 6.92 Å². The second-order valence-corrected chi connectivity index (χ2v) is 2.74. The molecule has 1 aromatic heterocycles. The first kappa shape index (κ1) is 7.87. The lowest BCUT2D eigenvalue weighted by Crippen LogP contribution is -2.39. The highest BCUT2D eigenvalue weighted by Gasteiger charge is 2.16. The predicted octanol–water partition coefficient (Wildman–Crippen LogP) is 0.448. The third-order valence-electron chi connectivity index (χ3n) is 2.29. The molecule has 0 unspecified atom stereocenters. The molecule has 0 saturated heterocycles. The molecular weight excluding hydrogens is 136 g/mol. The highest BCUT2D eigenvalue weighted by molar-refractivity contribution is 5.36. The van der Waals surface area contributed by atoms with Crippen LogP contribution in [0.5, 0.6) is 0 Å². The van der Waals surface area contributed by atoms with Crippen molar-refractivity contribution < 1.29 is 4.68 Å². The molecule has 0 atom stereocenters. The minimum Gasteiger partial charge on any atom is -0.160 e. The summed E-state index contributed by atoms with van der Waals surface area (Å²) in [5, 5.41) is 0. The van der Waals surface area contributed by atoms with E-state index in [2.05, 4.69) is 5.92 Å². The number of terminal acetylenes is 1. The van der Waals surface area contributed by atoms with E-state index in [4.69, 9.17) is 6.42 Å². The molecule has 0 aliphatic carbocycles. The molecule has 0 aromatic carbocycles. The van der Waals surface area contributed by atoms with Gasteiger partial charge in [0.2, 0.25) is 5.69 Å². The summed E-state index contributed by atoms with van der Waals surface area (Å²) in [6.07, 6.45) is 5.36. The van der Waals surface area contributed by atoms with Gasteiger partial charge in [0, 0.05) is 6.92 Å². The van der Waals surface area contributed by atoms with Crippen LogP contribution < -0.4 is 4.68 Å². The van der Waals surface area contributed by atoms with E-state index in [0.29, 0.717) is 0 Å². The van der Waals surface area contributed by atoms with Crippen molar-refractivity contribution in [2.24, 2.45) is 14.1 Å². The van der Waals surface area contributed by atoms with Gasteiger partial charge in [-0.1, -0.05) is 5.92 Å². The van der Waals surface area contributed by atoms with Crippen LogP contribution in [0, 0.1) is 26.2 Å². The van der Waals surface area contributed by atoms with E-state index in [-0.39, 0.29) is 0 Å². The third kappa shape index (κ3) is 0.932. The van der Waals surface area contributed by atoms with Crippen LogP contribution in [-0.2, 0) is 14.1 Å². The van der Waals surface area contributed by atoms with Crippen LogP contribution in [0.4, 0.5) is 0 Å². The first-order valence-electron chi connectivity index (χ1n) is 3.58. The van der Waals surface area contributed by atoms with Crippen LogP contribution in [-0.4, -0.2) is 4.68 Å². The second-order valence-electron chi connectivity index (χ2n) is 2.74. The Hall–Kier alpha value is -1.23. The topological polar surface area (TPSA) is 8.81 Å². The Morgan fingerprint density at radius 2 is 2.00 bits per heavy atom. The molecule has 0 radical (unpaired) electrons. The molecular formula is C9H13N2+. The van der Waals surface area contributed by atoms with E-state index in [1.54, 1.807) is 0 Å². The third-order valence-corrected chi connectivity index (χ3v) is 2.29. The lowest BCUT2D eigenvalue weighted by molar-refractivity contribution is -0.756. The number of hydrogen-bond donors (Lipinski definition) is 0. The summed E-state index contributed by atoms with van der Waals surface area (Å²) in [5.41, 5.74) is 3.30. The molecule has 1 rings (SSSR count). The molecule has 58 valence electrons. The van der Waals surface area contributed by atoms with Gasteiger partial charge < -0.3 is 0 Å². The lowest BCUT2D eigenvalue weighted by atomic mass is 10.2. The molecule has 1 aromatic rings. The van der Waals surface area contributed by atoms with Gasteiger partial charge in [0.05, 0.1) is 12.7 Å². The van der Waals surface area contributed by atoms with Crippen LogP contribution in [0.1, 0.15) is 17.0 Å². The molecule has 0 aliphatic rings. The van der Waals surface area contributed by atoms with E-state index in [0.717, 1.165) is 17.0 Å². The van der Waals surface area contributed by atoms with Crippen LogP contribution in [0.3, 0.4) is 0 Å². The molecule has 0 aliphatic heterocycles. The van der Waals surface area contributed by atoms with Crippen molar-refractivity contribution in [2.75, 3.05) is 0 Å². The van der Waals surface area contributed by atoms with Gasteiger partial charge in [-0.3, -0.25) is 0 Å². The highest BCUT2D eigenvalue weighted by Crippen LogP contribution is 2.06. The van der Waals surface area contributed by atoms with E-state index >= 15 is 0 Å². The Kier molecular flexibility index (Phi) is 1.74. The zero-order valence-electron chi connectivity index (χ0n) is 7.47. The van der Waals surface area contributed by atoms with Crippen molar-refractivity contribution in [1.29, 1.82) is 0 Å². The quantitative estimate of drug-likeness (QED) is 0.374. The first-order valence-corrected chi connectivity index (χ1v) is 3.58. The maximum absolute atomic E-state index is 5.36. The van der Waals surface area contributed by atoms with Gasteiger partial charge in [0.1, 0.15) is 5.56 Å². The number of hydrogen-bond acceptors (Lipinski definition) is 0. The average molecular weight is 149 g/mol. The fraction of sp³-hybridized carbons (Fsp3) is 0.444. The normalized spacial score (nSPS) is 9.73. The molecule has 0 spiro atoms. The fourth-order valence-electron chi connectivity index (χ4n) is 1.24. The Balaban J connectivity index is 3.51. The van der Waals surface area contributed by atoms with Crippen molar-refractivity contribution in [3.05, 3.63) is 17.0 Å². The summed E-state index contributed by atoms with van der Waals surface area (Å²) in [4.78, 5) is 0. The lowest BCUT2D eigenvalue weighted by Gasteiger charge is -1.90. The van der Waals surface area contributed by atoms with Crippen molar-refractivity contribution in [2.45, 2.75) is 13.8 Å². The molecule has 11 heavy (non-hydrogen) atoms. The highest BCUT2D eigenvalue weighted by atomic mass is 15.4. The fourth-order valence-corrected chi connectivity index (χ4v) is 1.24. The van der Waals surface area contributed by atoms with Gasteiger partial charge >= 0.3 is 0 Å². The van der Waals surface area contributed by atoms with Gasteiger partial charge in [-0.2, -0.15) is 4.68 Å². The van der Waals surface area contributed by atoms with Crippen LogP contribution in [0.15, 0.2) is 0 Å². The number of nitrogens with zero attached hydrogens (tertiary/aromatic N) is 2. The summed E-state index contributed by atoms with van der Waals surface area (Å²) in [5.74, 6) is 2.68. The van der Waals surface area contributed by atoms with E-state index in [1.807, 2.05) is 37.3 Å². The van der Waals surface area contributed by atoms with Crippen molar-refractivity contribution in [3.63, 3.8) is 0 Å². The summed E-state index contributed by atoms with van der Waals surface area (Å²) >= 11 is 0. The zero-order valence-corrected chi connectivity index (χ0v) is 7.47. The molecule has 0 N–H and O–H groups in total.